The number of imide groups is 1. The van der Waals surface area contributed by atoms with Crippen molar-refractivity contribution in [1.82, 2.24) is 19.6 Å². The van der Waals surface area contributed by atoms with Crippen molar-refractivity contribution in [2.45, 2.75) is 51.5 Å². The molecule has 0 spiro atoms. The molecule has 2 aliphatic rings. The highest BCUT2D eigenvalue weighted by molar-refractivity contribution is 6.05. The number of nitrogens with one attached hydrogen (secondary N) is 1. The van der Waals surface area contributed by atoms with Crippen molar-refractivity contribution in [2.75, 3.05) is 31.1 Å². The third-order valence-electron chi connectivity index (χ3n) is 5.56. The van der Waals surface area contributed by atoms with Crippen LogP contribution in [0.3, 0.4) is 0 Å². The lowest BCUT2D eigenvalue weighted by atomic mass is 10.1. The van der Waals surface area contributed by atoms with E-state index in [-0.39, 0.29) is 32.0 Å². The lowest BCUT2D eigenvalue weighted by molar-refractivity contribution is -0.120. The third-order valence-corrected chi connectivity index (χ3v) is 5.56. The van der Waals surface area contributed by atoms with Gasteiger partial charge in [0, 0.05) is 31.3 Å². The number of urea groups is 1. The first-order valence-corrected chi connectivity index (χ1v) is 11.4. The molecule has 0 unspecified atom stereocenters. The number of carbonyl (C=O) groups is 3. The van der Waals surface area contributed by atoms with Crippen LogP contribution in [0.15, 0.2) is 24.5 Å². The molecule has 4 amide bonds. The Bertz CT molecular complexity index is 1190. The van der Waals surface area contributed by atoms with Gasteiger partial charge in [-0.3, -0.25) is 19.4 Å². The summed E-state index contributed by atoms with van der Waals surface area (Å²) in [6.45, 7) is 5.92. The number of pyridine rings is 1. The number of nitrogens with zero attached hydrogens (tertiary/aromatic N) is 4. The molecule has 0 saturated carbocycles. The number of alkyl halides is 1. The van der Waals surface area contributed by atoms with Gasteiger partial charge in [-0.15, -0.1) is 0 Å². The molecule has 11 heteroatoms. The molecule has 35 heavy (non-hydrogen) atoms. The summed E-state index contributed by atoms with van der Waals surface area (Å²) >= 11 is 0. The van der Waals surface area contributed by atoms with Crippen molar-refractivity contribution < 1.29 is 28.2 Å². The monoisotopic (exact) mass is 485 g/mol. The molecule has 1 N–H and O–H groups in total. The van der Waals surface area contributed by atoms with Gasteiger partial charge in [-0.1, -0.05) is 11.8 Å². The Morgan fingerprint density at radius 3 is 2.83 bits per heavy atom. The van der Waals surface area contributed by atoms with Crippen LogP contribution in [0.4, 0.5) is 19.8 Å². The van der Waals surface area contributed by atoms with E-state index in [4.69, 9.17) is 9.47 Å². The van der Waals surface area contributed by atoms with Crippen LogP contribution in [0.1, 0.15) is 39.2 Å². The summed E-state index contributed by atoms with van der Waals surface area (Å²) in [5.41, 5.74) is 0.652. The molecule has 2 fully saturated rings. The second-order valence-electron chi connectivity index (χ2n) is 9.40. The second kappa shape index (κ2) is 9.92. The zero-order valence-corrected chi connectivity index (χ0v) is 19.9. The normalized spacial score (nSPS) is 20.9. The fourth-order valence-electron chi connectivity index (χ4n) is 3.88. The van der Waals surface area contributed by atoms with E-state index in [1.165, 1.54) is 9.80 Å². The van der Waals surface area contributed by atoms with Crippen LogP contribution >= 0.6 is 0 Å². The number of imidazole rings is 1. The summed E-state index contributed by atoms with van der Waals surface area (Å²) in [6.07, 6.45) is 1.42. The van der Waals surface area contributed by atoms with Gasteiger partial charge in [0.1, 0.15) is 29.8 Å². The largest absolute Gasteiger partial charge is 0.444 e. The average Bonchev–Trinajstić information content (AvgIpc) is 3.19. The predicted molar refractivity (Wildman–Crippen MR) is 125 cm³/mol. The lowest BCUT2D eigenvalue weighted by Crippen LogP contribution is -2.50. The molecule has 2 aliphatic heterocycles. The van der Waals surface area contributed by atoms with Crippen LogP contribution in [0.5, 0.6) is 0 Å². The van der Waals surface area contributed by atoms with Gasteiger partial charge in [-0.25, -0.2) is 19.0 Å². The van der Waals surface area contributed by atoms with Crippen molar-refractivity contribution in [3.63, 3.8) is 0 Å². The van der Waals surface area contributed by atoms with E-state index >= 15 is 0 Å². The van der Waals surface area contributed by atoms with Crippen LogP contribution in [-0.4, -0.2) is 76.4 Å². The van der Waals surface area contributed by atoms with Crippen molar-refractivity contribution in [1.29, 1.82) is 0 Å². The molecule has 0 aromatic carbocycles. The quantitative estimate of drug-likeness (QED) is 0.670. The highest BCUT2D eigenvalue weighted by atomic mass is 19.1. The van der Waals surface area contributed by atoms with Gasteiger partial charge >= 0.3 is 12.1 Å². The van der Waals surface area contributed by atoms with Crippen LogP contribution in [0.2, 0.25) is 0 Å². The fourth-order valence-corrected chi connectivity index (χ4v) is 3.88. The maximum Gasteiger partial charge on any atom is 0.410 e. The van der Waals surface area contributed by atoms with E-state index < -0.39 is 30.0 Å². The first-order valence-electron chi connectivity index (χ1n) is 11.4. The van der Waals surface area contributed by atoms with Crippen molar-refractivity contribution in [3.05, 3.63) is 30.1 Å². The Hall–Kier alpha value is -3.65. The first kappa shape index (κ1) is 24.5. The zero-order valence-electron chi connectivity index (χ0n) is 19.9. The number of fused-ring (bicyclic) bond motifs is 1. The molecule has 10 nitrogen and oxygen atoms in total. The summed E-state index contributed by atoms with van der Waals surface area (Å²) in [6, 6.07) is 3.06. The minimum absolute atomic E-state index is 0.0460. The molecule has 2 atom stereocenters. The molecule has 0 aliphatic carbocycles. The second-order valence-corrected chi connectivity index (χ2v) is 9.40. The van der Waals surface area contributed by atoms with Crippen molar-refractivity contribution in [3.8, 4) is 11.8 Å². The van der Waals surface area contributed by atoms with E-state index in [0.717, 1.165) is 0 Å². The van der Waals surface area contributed by atoms with Gasteiger partial charge in [-0.05, 0) is 39.3 Å². The third kappa shape index (κ3) is 5.89. The zero-order chi connectivity index (χ0) is 25.2. The standard InChI is InChI=1S/C24H28FN5O5/c1-24(2,3)35-23(33)28-9-7-18(17(25)15-28)34-12-4-5-16-6-10-29-19(13-16)26-14-21(29)30-11-8-20(31)27-22(30)32/h6,10,13-14,17-18H,7-9,11-12,15H2,1-3H3,(H,27,31,32)/t17-,18+/m1/s1. The van der Waals surface area contributed by atoms with Gasteiger partial charge < -0.3 is 14.4 Å². The lowest BCUT2D eigenvalue weighted by Gasteiger charge is -2.35. The molecule has 0 radical (unpaired) electrons. The Morgan fingerprint density at radius 2 is 2.11 bits per heavy atom. The number of likely N-dealkylation sites (tertiary alicyclic amines) is 1. The number of hydrogen-bond donors (Lipinski definition) is 1. The Morgan fingerprint density at radius 1 is 1.31 bits per heavy atom. The van der Waals surface area contributed by atoms with Gasteiger partial charge in [0.15, 0.2) is 0 Å². The van der Waals surface area contributed by atoms with Gasteiger partial charge in [-0.2, -0.15) is 0 Å². The molecule has 2 aromatic heterocycles. The highest BCUT2D eigenvalue weighted by Crippen LogP contribution is 2.21. The molecule has 186 valence electrons. The minimum atomic E-state index is -1.32. The van der Waals surface area contributed by atoms with Crippen LogP contribution in [0, 0.1) is 11.8 Å². The minimum Gasteiger partial charge on any atom is -0.444 e. The van der Waals surface area contributed by atoms with Crippen LogP contribution < -0.4 is 10.2 Å². The Balaban J connectivity index is 1.31. The van der Waals surface area contributed by atoms with E-state index in [1.807, 2.05) is 0 Å². The summed E-state index contributed by atoms with van der Waals surface area (Å²) in [4.78, 5) is 42.8. The smallest absolute Gasteiger partial charge is 0.410 e. The van der Waals surface area contributed by atoms with Crippen LogP contribution in [0.25, 0.3) is 5.65 Å². The number of anilines is 1. The number of rotatable bonds is 3. The SMILES string of the molecule is CC(C)(C)OC(=O)N1CC[C@H](OCC#Cc2ccn3c(N4CCC(=O)NC4=O)cnc3c2)[C@H](F)C1. The Kier molecular flexibility index (Phi) is 6.93. The van der Waals surface area contributed by atoms with Gasteiger partial charge in [0.25, 0.3) is 0 Å². The summed E-state index contributed by atoms with van der Waals surface area (Å²) in [5.74, 6) is 6.12. The number of carbonyl (C=O) groups excluding carboxylic acids is 3. The van der Waals surface area contributed by atoms with Crippen molar-refractivity contribution in [2.24, 2.45) is 0 Å². The molecule has 4 rings (SSSR count). The number of piperidine rings is 1. The van der Waals surface area contributed by atoms with Crippen LogP contribution in [-0.2, 0) is 14.3 Å². The fraction of sp³-hybridized carbons (Fsp3) is 0.500. The van der Waals surface area contributed by atoms with E-state index in [2.05, 4.69) is 22.1 Å². The summed E-state index contributed by atoms with van der Waals surface area (Å²) in [7, 11) is 0. The van der Waals surface area contributed by atoms with Gasteiger partial charge in [0.05, 0.1) is 18.8 Å². The summed E-state index contributed by atoms with van der Waals surface area (Å²) < 4.78 is 27.2. The maximum absolute atomic E-state index is 14.5. The number of halogens is 1. The molecule has 2 aromatic rings. The van der Waals surface area contributed by atoms with Crippen molar-refractivity contribution >= 4 is 29.5 Å². The Labute approximate surface area is 202 Å². The topological polar surface area (TPSA) is 105 Å². The molecular formula is C24H28FN5O5. The number of ether oxygens (including phenoxy) is 2. The predicted octanol–water partition coefficient (Wildman–Crippen LogP) is 2.50. The molecular weight excluding hydrogens is 457 g/mol. The van der Waals surface area contributed by atoms with E-state index in [9.17, 15) is 18.8 Å². The van der Waals surface area contributed by atoms with E-state index in [0.29, 0.717) is 30.0 Å². The van der Waals surface area contributed by atoms with Gasteiger partial charge in [0.2, 0.25) is 5.91 Å². The highest BCUT2D eigenvalue weighted by Gasteiger charge is 2.34. The number of hydrogen-bond acceptors (Lipinski definition) is 6. The number of amides is 4. The number of aromatic nitrogens is 2. The maximum atomic E-state index is 14.5. The molecule has 0 bridgehead atoms. The van der Waals surface area contributed by atoms with E-state index in [1.54, 1.807) is 49.7 Å². The average molecular weight is 486 g/mol. The summed E-state index contributed by atoms with van der Waals surface area (Å²) in [5, 5.41) is 2.29. The molecule has 2 saturated heterocycles. The molecule has 4 heterocycles. The first-order chi connectivity index (χ1) is 16.6.